The molecule has 0 fully saturated rings. The van der Waals surface area contributed by atoms with Gasteiger partial charge in [0.05, 0.1) is 13.7 Å². The van der Waals surface area contributed by atoms with Gasteiger partial charge in [0, 0.05) is 17.3 Å². The number of aliphatic hydroxyl groups is 1. The van der Waals surface area contributed by atoms with Gasteiger partial charge in [-0.15, -0.1) is 0 Å². The molecule has 0 radical (unpaired) electrons. The van der Waals surface area contributed by atoms with Crippen LogP contribution in [0.15, 0.2) is 42.5 Å². The van der Waals surface area contributed by atoms with Crippen molar-refractivity contribution in [2.45, 2.75) is 13.2 Å². The van der Waals surface area contributed by atoms with Crippen LogP contribution in [0, 0.1) is 0 Å². The maximum absolute atomic E-state index is 9.22. The molecule has 4 nitrogen and oxygen atoms in total. The molecule has 19 heavy (non-hydrogen) atoms. The molecule has 2 aromatic rings. The van der Waals surface area contributed by atoms with Crippen LogP contribution in [0.4, 0.5) is 5.69 Å². The first-order chi connectivity index (χ1) is 9.22. The summed E-state index contributed by atoms with van der Waals surface area (Å²) in [6.07, 6.45) is 0. The Bertz CT molecular complexity index is 555. The number of para-hydroxylation sites is 1. The van der Waals surface area contributed by atoms with Crippen LogP contribution in [-0.2, 0) is 13.2 Å². The molecule has 100 valence electrons. The van der Waals surface area contributed by atoms with Crippen LogP contribution < -0.4 is 15.2 Å². The first-order valence-corrected chi connectivity index (χ1v) is 5.98. The maximum atomic E-state index is 9.22. The van der Waals surface area contributed by atoms with E-state index in [4.69, 9.17) is 15.2 Å². The van der Waals surface area contributed by atoms with Gasteiger partial charge in [-0.3, -0.25) is 0 Å². The fourth-order valence-corrected chi connectivity index (χ4v) is 1.82. The monoisotopic (exact) mass is 259 g/mol. The van der Waals surface area contributed by atoms with Gasteiger partial charge in [0.1, 0.15) is 18.1 Å². The number of ether oxygens (including phenoxy) is 2. The molecule has 0 atom stereocenters. The summed E-state index contributed by atoms with van der Waals surface area (Å²) in [4.78, 5) is 0. The second-order valence-electron chi connectivity index (χ2n) is 4.17. The SMILES string of the molecule is COc1cc(N)cc(COc2ccccc2CO)c1. The Kier molecular flexibility index (Phi) is 4.26. The van der Waals surface area contributed by atoms with Crippen molar-refractivity contribution < 1.29 is 14.6 Å². The van der Waals surface area contributed by atoms with E-state index in [-0.39, 0.29) is 6.61 Å². The quantitative estimate of drug-likeness (QED) is 0.809. The van der Waals surface area contributed by atoms with Gasteiger partial charge >= 0.3 is 0 Å². The van der Waals surface area contributed by atoms with Gasteiger partial charge in [0.15, 0.2) is 0 Å². The highest BCUT2D eigenvalue weighted by atomic mass is 16.5. The van der Waals surface area contributed by atoms with E-state index in [0.717, 1.165) is 11.1 Å². The van der Waals surface area contributed by atoms with Crippen LogP contribution in [0.5, 0.6) is 11.5 Å². The van der Waals surface area contributed by atoms with Crippen molar-refractivity contribution in [1.82, 2.24) is 0 Å². The average Bonchev–Trinajstić information content (AvgIpc) is 2.44. The number of hydrogen-bond donors (Lipinski definition) is 2. The zero-order valence-corrected chi connectivity index (χ0v) is 10.8. The summed E-state index contributed by atoms with van der Waals surface area (Å²) in [7, 11) is 1.60. The molecule has 0 amide bonds. The van der Waals surface area contributed by atoms with Crippen LogP contribution in [-0.4, -0.2) is 12.2 Å². The van der Waals surface area contributed by atoms with Crippen molar-refractivity contribution in [3.63, 3.8) is 0 Å². The normalized spacial score (nSPS) is 10.2. The number of benzene rings is 2. The zero-order chi connectivity index (χ0) is 13.7. The zero-order valence-electron chi connectivity index (χ0n) is 10.8. The highest BCUT2D eigenvalue weighted by Crippen LogP contribution is 2.22. The molecule has 0 heterocycles. The lowest BCUT2D eigenvalue weighted by atomic mass is 10.2. The van der Waals surface area contributed by atoms with Crippen molar-refractivity contribution in [1.29, 1.82) is 0 Å². The summed E-state index contributed by atoms with van der Waals surface area (Å²) in [5, 5.41) is 9.22. The minimum absolute atomic E-state index is 0.0452. The fraction of sp³-hybridized carbons (Fsp3) is 0.200. The molecule has 0 saturated heterocycles. The topological polar surface area (TPSA) is 64.7 Å². The van der Waals surface area contributed by atoms with Gasteiger partial charge in [-0.2, -0.15) is 0 Å². The molecular formula is C15H17NO3. The standard InChI is InChI=1S/C15H17NO3/c1-18-14-7-11(6-13(16)8-14)10-19-15-5-3-2-4-12(15)9-17/h2-8,17H,9-10,16H2,1H3. The van der Waals surface area contributed by atoms with Crippen molar-refractivity contribution in [2.24, 2.45) is 0 Å². The van der Waals surface area contributed by atoms with Crippen molar-refractivity contribution in [3.8, 4) is 11.5 Å². The number of nitrogen functional groups attached to an aromatic ring is 1. The second kappa shape index (κ2) is 6.11. The third-order valence-electron chi connectivity index (χ3n) is 2.76. The van der Waals surface area contributed by atoms with E-state index < -0.39 is 0 Å². The first-order valence-electron chi connectivity index (χ1n) is 5.98. The van der Waals surface area contributed by atoms with E-state index in [1.165, 1.54) is 0 Å². The van der Waals surface area contributed by atoms with Crippen molar-refractivity contribution in [3.05, 3.63) is 53.6 Å². The minimum Gasteiger partial charge on any atom is -0.497 e. The molecule has 0 bridgehead atoms. The van der Waals surface area contributed by atoms with Gasteiger partial charge in [0.2, 0.25) is 0 Å². The number of anilines is 1. The lowest BCUT2D eigenvalue weighted by Crippen LogP contribution is -2.00. The maximum Gasteiger partial charge on any atom is 0.125 e. The Morgan fingerprint density at radius 1 is 1.16 bits per heavy atom. The molecule has 0 aliphatic carbocycles. The molecule has 2 aromatic carbocycles. The van der Waals surface area contributed by atoms with Crippen LogP contribution in [0.2, 0.25) is 0 Å². The molecule has 0 saturated carbocycles. The third kappa shape index (κ3) is 3.39. The van der Waals surface area contributed by atoms with E-state index in [9.17, 15) is 5.11 Å². The average molecular weight is 259 g/mol. The van der Waals surface area contributed by atoms with Gasteiger partial charge < -0.3 is 20.3 Å². The Labute approximate surface area is 112 Å². The van der Waals surface area contributed by atoms with Crippen LogP contribution in [0.3, 0.4) is 0 Å². The predicted octanol–water partition coefficient (Wildman–Crippen LogP) is 2.35. The minimum atomic E-state index is -0.0452. The highest BCUT2D eigenvalue weighted by molar-refractivity contribution is 5.47. The summed E-state index contributed by atoms with van der Waals surface area (Å²) >= 11 is 0. The number of nitrogens with two attached hydrogens (primary N) is 1. The van der Waals surface area contributed by atoms with E-state index >= 15 is 0 Å². The van der Waals surface area contributed by atoms with E-state index in [1.807, 2.05) is 36.4 Å². The molecule has 3 N–H and O–H groups in total. The van der Waals surface area contributed by atoms with Crippen molar-refractivity contribution in [2.75, 3.05) is 12.8 Å². The Morgan fingerprint density at radius 2 is 1.95 bits per heavy atom. The molecular weight excluding hydrogens is 242 g/mol. The summed E-state index contributed by atoms with van der Waals surface area (Å²) in [5.74, 6) is 1.38. The van der Waals surface area contributed by atoms with Gasteiger partial charge in [-0.25, -0.2) is 0 Å². The Hall–Kier alpha value is -2.20. The Morgan fingerprint density at radius 3 is 2.68 bits per heavy atom. The number of methoxy groups -OCH3 is 1. The molecule has 0 aromatic heterocycles. The van der Waals surface area contributed by atoms with Gasteiger partial charge in [0.25, 0.3) is 0 Å². The van der Waals surface area contributed by atoms with E-state index in [2.05, 4.69) is 0 Å². The molecule has 0 spiro atoms. The smallest absolute Gasteiger partial charge is 0.125 e. The first kappa shape index (κ1) is 13.2. The van der Waals surface area contributed by atoms with Gasteiger partial charge in [-0.1, -0.05) is 18.2 Å². The lowest BCUT2D eigenvalue weighted by molar-refractivity contribution is 0.259. The summed E-state index contributed by atoms with van der Waals surface area (Å²) in [6, 6.07) is 12.9. The molecule has 0 aliphatic heterocycles. The second-order valence-corrected chi connectivity index (χ2v) is 4.17. The molecule has 2 rings (SSSR count). The summed E-state index contributed by atoms with van der Waals surface area (Å²) in [5.41, 5.74) is 8.10. The number of hydrogen-bond acceptors (Lipinski definition) is 4. The van der Waals surface area contributed by atoms with Gasteiger partial charge in [-0.05, 0) is 23.8 Å². The number of rotatable bonds is 5. The largest absolute Gasteiger partial charge is 0.497 e. The predicted molar refractivity (Wildman–Crippen MR) is 74.1 cm³/mol. The molecule has 0 unspecified atom stereocenters. The van der Waals surface area contributed by atoms with Crippen LogP contribution >= 0.6 is 0 Å². The lowest BCUT2D eigenvalue weighted by Gasteiger charge is -2.11. The van der Waals surface area contributed by atoms with Crippen LogP contribution in [0.25, 0.3) is 0 Å². The summed E-state index contributed by atoms with van der Waals surface area (Å²) in [6.45, 7) is 0.328. The van der Waals surface area contributed by atoms with E-state index in [0.29, 0.717) is 23.8 Å². The summed E-state index contributed by atoms with van der Waals surface area (Å²) < 4.78 is 10.9. The van der Waals surface area contributed by atoms with E-state index in [1.54, 1.807) is 13.2 Å². The van der Waals surface area contributed by atoms with Crippen LogP contribution in [0.1, 0.15) is 11.1 Å². The molecule has 4 heteroatoms. The Balaban J connectivity index is 2.12. The number of aliphatic hydroxyl groups excluding tert-OH is 1. The third-order valence-corrected chi connectivity index (χ3v) is 2.76. The molecule has 0 aliphatic rings. The van der Waals surface area contributed by atoms with Crippen molar-refractivity contribution >= 4 is 5.69 Å². The fourth-order valence-electron chi connectivity index (χ4n) is 1.82. The highest BCUT2D eigenvalue weighted by Gasteiger charge is 2.04.